The zero-order valence-electron chi connectivity index (χ0n) is 19.6. The predicted molar refractivity (Wildman–Crippen MR) is 127 cm³/mol. The number of amides is 1. The van der Waals surface area contributed by atoms with Crippen LogP contribution in [0.4, 0.5) is 0 Å². The van der Waals surface area contributed by atoms with Gasteiger partial charge in [-0.15, -0.1) is 0 Å². The Kier molecular flexibility index (Phi) is 6.37. The second kappa shape index (κ2) is 9.20. The Balaban J connectivity index is 1.70. The molecule has 170 valence electrons. The lowest BCUT2D eigenvalue weighted by atomic mass is 9.97. The van der Waals surface area contributed by atoms with Crippen LogP contribution in [0.15, 0.2) is 31.1 Å². The minimum absolute atomic E-state index is 0.00389. The number of likely N-dealkylation sites (N-methyl/N-ethyl adjacent to an activating group) is 1. The summed E-state index contributed by atoms with van der Waals surface area (Å²) in [6, 6.07) is 3.94. The van der Waals surface area contributed by atoms with E-state index < -0.39 is 0 Å². The van der Waals surface area contributed by atoms with Crippen molar-refractivity contribution in [2.75, 3.05) is 46.9 Å². The third-order valence-corrected chi connectivity index (χ3v) is 6.28. The Morgan fingerprint density at radius 2 is 2.00 bits per heavy atom. The third-order valence-electron chi connectivity index (χ3n) is 6.28. The first kappa shape index (κ1) is 22.1. The van der Waals surface area contributed by atoms with Gasteiger partial charge in [0.15, 0.2) is 0 Å². The summed E-state index contributed by atoms with van der Waals surface area (Å²) in [6.45, 7) is 12.6. The number of methoxy groups -OCH3 is 1. The number of rotatable bonds is 6. The Bertz CT molecular complexity index is 1050. The Labute approximate surface area is 190 Å². The van der Waals surface area contributed by atoms with Crippen LogP contribution < -0.4 is 4.74 Å². The van der Waals surface area contributed by atoms with E-state index in [1.54, 1.807) is 13.3 Å². The maximum atomic E-state index is 13.0. The van der Waals surface area contributed by atoms with E-state index in [1.807, 2.05) is 17.9 Å². The minimum Gasteiger partial charge on any atom is -0.494 e. The first-order chi connectivity index (χ1) is 15.4. The molecular weight excluding hydrogens is 402 g/mol. The van der Waals surface area contributed by atoms with Gasteiger partial charge in [-0.05, 0) is 32.5 Å². The van der Waals surface area contributed by atoms with Crippen molar-refractivity contribution >= 4 is 17.2 Å². The van der Waals surface area contributed by atoms with Crippen LogP contribution in [0.5, 0.6) is 5.75 Å². The van der Waals surface area contributed by atoms with Crippen LogP contribution >= 0.6 is 0 Å². The van der Waals surface area contributed by atoms with Gasteiger partial charge in [-0.2, -0.15) is 0 Å². The lowest BCUT2D eigenvalue weighted by Crippen LogP contribution is -2.47. The van der Waals surface area contributed by atoms with E-state index in [1.165, 1.54) is 0 Å². The van der Waals surface area contributed by atoms with E-state index in [2.05, 4.69) is 47.6 Å². The predicted octanol–water partition coefficient (Wildman–Crippen LogP) is 3.59. The Hall–Kier alpha value is -3.06. The number of fused-ring (bicyclic) bond motifs is 1. The lowest BCUT2D eigenvalue weighted by molar-refractivity contribution is 0.0663. The third kappa shape index (κ3) is 4.17. The molecule has 2 aliphatic heterocycles. The van der Waals surface area contributed by atoms with E-state index in [-0.39, 0.29) is 5.91 Å². The van der Waals surface area contributed by atoms with Gasteiger partial charge < -0.3 is 24.4 Å². The van der Waals surface area contributed by atoms with Crippen molar-refractivity contribution in [1.82, 2.24) is 24.7 Å². The molecule has 1 N–H and O–H groups in total. The van der Waals surface area contributed by atoms with E-state index >= 15 is 0 Å². The second-order valence-corrected chi connectivity index (χ2v) is 8.65. The topological polar surface area (TPSA) is 64.7 Å². The summed E-state index contributed by atoms with van der Waals surface area (Å²) in [5.74, 6) is 0.605. The number of carbonyl (C=O) groups is 1. The molecule has 0 aromatic carbocycles. The van der Waals surface area contributed by atoms with E-state index in [0.29, 0.717) is 11.3 Å². The van der Waals surface area contributed by atoms with Crippen molar-refractivity contribution in [2.45, 2.75) is 26.7 Å². The molecule has 0 radical (unpaired) electrons. The number of aromatic nitrogens is 2. The summed E-state index contributed by atoms with van der Waals surface area (Å²) in [5.41, 5.74) is 6.37. The summed E-state index contributed by atoms with van der Waals surface area (Å²) in [5, 5.41) is 0. The molecule has 0 bridgehead atoms. The zero-order chi connectivity index (χ0) is 22.8. The highest BCUT2D eigenvalue weighted by Gasteiger charge is 2.28. The SMILES string of the molecule is C=C1c2[nH]c(C)cc2C(c2ncc(C(=O)N3CCN(C)CC3)cc2OC)=CN1CCCC. The van der Waals surface area contributed by atoms with Crippen molar-refractivity contribution in [2.24, 2.45) is 0 Å². The molecule has 7 nitrogen and oxygen atoms in total. The fourth-order valence-electron chi connectivity index (χ4n) is 4.30. The number of aromatic amines is 1. The summed E-state index contributed by atoms with van der Waals surface area (Å²) >= 11 is 0. The normalized spacial score (nSPS) is 16.8. The second-order valence-electron chi connectivity index (χ2n) is 8.65. The van der Waals surface area contributed by atoms with Gasteiger partial charge in [0, 0.05) is 62.0 Å². The monoisotopic (exact) mass is 435 g/mol. The van der Waals surface area contributed by atoms with Crippen molar-refractivity contribution < 1.29 is 9.53 Å². The smallest absolute Gasteiger partial charge is 0.255 e. The van der Waals surface area contributed by atoms with Crippen LogP contribution in [0.1, 0.15) is 52.8 Å². The molecule has 0 saturated carbocycles. The number of H-pyrrole nitrogens is 1. The molecule has 1 fully saturated rings. The van der Waals surface area contributed by atoms with E-state index in [9.17, 15) is 4.79 Å². The highest BCUT2D eigenvalue weighted by atomic mass is 16.5. The van der Waals surface area contributed by atoms with Crippen LogP contribution in [-0.4, -0.2) is 77.5 Å². The molecule has 0 atom stereocenters. The molecule has 32 heavy (non-hydrogen) atoms. The van der Waals surface area contributed by atoms with Crippen LogP contribution in [0.25, 0.3) is 11.3 Å². The molecule has 7 heteroatoms. The first-order valence-electron chi connectivity index (χ1n) is 11.3. The van der Waals surface area contributed by atoms with E-state index in [0.717, 1.165) is 79.5 Å². The van der Waals surface area contributed by atoms with Crippen molar-refractivity contribution in [3.8, 4) is 5.75 Å². The van der Waals surface area contributed by atoms with Gasteiger partial charge in [0.1, 0.15) is 11.4 Å². The molecule has 1 saturated heterocycles. The van der Waals surface area contributed by atoms with Gasteiger partial charge in [-0.25, -0.2) is 0 Å². The fourth-order valence-corrected chi connectivity index (χ4v) is 4.30. The number of carbonyl (C=O) groups excluding carboxylic acids is 1. The molecule has 2 aromatic rings. The van der Waals surface area contributed by atoms with Crippen molar-refractivity contribution in [1.29, 1.82) is 0 Å². The van der Waals surface area contributed by atoms with Gasteiger partial charge in [0.2, 0.25) is 0 Å². The van der Waals surface area contributed by atoms with E-state index in [4.69, 9.17) is 9.72 Å². The average molecular weight is 436 g/mol. The zero-order valence-corrected chi connectivity index (χ0v) is 19.6. The number of nitrogens with zero attached hydrogens (tertiary/aromatic N) is 4. The molecule has 4 heterocycles. The molecule has 0 spiro atoms. The highest BCUT2D eigenvalue weighted by molar-refractivity contribution is 5.96. The van der Waals surface area contributed by atoms with Crippen LogP contribution in [0.2, 0.25) is 0 Å². The largest absolute Gasteiger partial charge is 0.494 e. The fraction of sp³-hybridized carbons (Fsp3) is 0.440. The van der Waals surface area contributed by atoms with Gasteiger partial charge >= 0.3 is 0 Å². The van der Waals surface area contributed by atoms with Crippen molar-refractivity contribution in [3.63, 3.8) is 0 Å². The van der Waals surface area contributed by atoms with Crippen molar-refractivity contribution in [3.05, 3.63) is 59.3 Å². The number of ether oxygens (including phenoxy) is 1. The minimum atomic E-state index is 0.00389. The highest BCUT2D eigenvalue weighted by Crippen LogP contribution is 2.39. The summed E-state index contributed by atoms with van der Waals surface area (Å²) < 4.78 is 5.73. The van der Waals surface area contributed by atoms with Crippen LogP contribution in [0, 0.1) is 6.92 Å². The summed E-state index contributed by atoms with van der Waals surface area (Å²) in [4.78, 5) is 27.5. The number of nitrogens with one attached hydrogen (secondary N) is 1. The number of aryl methyl sites for hydroxylation is 1. The molecule has 1 amide bonds. The van der Waals surface area contributed by atoms with Gasteiger partial charge in [-0.3, -0.25) is 9.78 Å². The standard InChI is InChI=1S/C25H33N5O2/c1-6-7-8-30-16-21(20-13-17(2)27-23(20)18(30)3)24-22(32-5)14-19(15-26-24)25(31)29-11-9-28(4)10-12-29/h13-16,27H,3,6-12H2,1-2,4-5H3. The number of hydrogen-bond acceptors (Lipinski definition) is 5. The van der Waals surface area contributed by atoms with Crippen LogP contribution in [-0.2, 0) is 0 Å². The maximum Gasteiger partial charge on any atom is 0.255 e. The van der Waals surface area contributed by atoms with Gasteiger partial charge in [0.05, 0.1) is 24.1 Å². The summed E-state index contributed by atoms with van der Waals surface area (Å²) in [6.07, 6.45) is 5.97. The Morgan fingerprint density at radius 1 is 1.25 bits per heavy atom. The Morgan fingerprint density at radius 3 is 2.69 bits per heavy atom. The first-order valence-corrected chi connectivity index (χ1v) is 11.3. The molecule has 0 aliphatic carbocycles. The van der Waals surface area contributed by atoms with Gasteiger partial charge in [0.25, 0.3) is 5.91 Å². The molecule has 2 aliphatic rings. The number of hydrogen-bond donors (Lipinski definition) is 1. The lowest BCUT2D eigenvalue weighted by Gasteiger charge is -2.32. The molecular formula is C25H33N5O2. The molecule has 0 unspecified atom stereocenters. The van der Waals surface area contributed by atoms with Gasteiger partial charge in [-0.1, -0.05) is 19.9 Å². The summed E-state index contributed by atoms with van der Waals surface area (Å²) in [7, 11) is 3.71. The number of piperazine rings is 1. The number of unbranched alkanes of at least 4 members (excludes halogenated alkanes) is 1. The number of pyridine rings is 1. The maximum absolute atomic E-state index is 13.0. The molecule has 2 aromatic heterocycles. The molecule has 4 rings (SSSR count). The van der Waals surface area contributed by atoms with Crippen LogP contribution in [0.3, 0.4) is 0 Å². The quantitative estimate of drug-likeness (QED) is 0.751. The average Bonchev–Trinajstić information content (AvgIpc) is 3.20.